The van der Waals surface area contributed by atoms with E-state index in [-0.39, 0.29) is 5.78 Å². The number of ether oxygens (including phenoxy) is 3. The smallest absolute Gasteiger partial charge is 0.189 e. The van der Waals surface area contributed by atoms with Gasteiger partial charge in [0.25, 0.3) is 0 Å². The van der Waals surface area contributed by atoms with Crippen molar-refractivity contribution in [2.24, 2.45) is 0 Å². The number of hydrogen-bond acceptors (Lipinski definition) is 4. The van der Waals surface area contributed by atoms with Gasteiger partial charge in [-0.25, -0.2) is 0 Å². The summed E-state index contributed by atoms with van der Waals surface area (Å²) in [4.78, 5) is 13.0. The minimum atomic E-state index is -0.0858. The second-order valence-electron chi connectivity index (χ2n) is 8.56. The van der Waals surface area contributed by atoms with E-state index >= 15 is 0 Å². The minimum Gasteiger partial charge on any atom is -0.494 e. The van der Waals surface area contributed by atoms with E-state index in [0.717, 1.165) is 74.8 Å². The lowest BCUT2D eigenvalue weighted by molar-refractivity contribution is 0.104. The minimum absolute atomic E-state index is 0.0858. The zero-order chi connectivity index (χ0) is 24.4. The molecular weight excluding hydrogens is 424 g/mol. The van der Waals surface area contributed by atoms with E-state index in [2.05, 4.69) is 20.8 Å². The van der Waals surface area contributed by atoms with Crippen LogP contribution >= 0.6 is 0 Å². The highest BCUT2D eigenvalue weighted by molar-refractivity contribution is 6.08. The summed E-state index contributed by atoms with van der Waals surface area (Å²) in [7, 11) is 0. The first-order valence-corrected chi connectivity index (χ1v) is 13.0. The molecule has 186 valence electrons. The fourth-order valence-corrected chi connectivity index (χ4v) is 3.54. The summed E-state index contributed by atoms with van der Waals surface area (Å²) in [5, 5.41) is 0. The number of ketones is 1. The van der Waals surface area contributed by atoms with Gasteiger partial charge >= 0.3 is 0 Å². The van der Waals surface area contributed by atoms with Crippen LogP contribution in [0.3, 0.4) is 0 Å². The highest BCUT2D eigenvalue weighted by Crippen LogP contribution is 2.27. The molecule has 2 rings (SSSR count). The van der Waals surface area contributed by atoms with Crippen molar-refractivity contribution in [3.05, 3.63) is 59.7 Å². The Labute approximate surface area is 206 Å². The first-order chi connectivity index (χ1) is 16.7. The Morgan fingerprint density at radius 3 is 1.94 bits per heavy atom. The lowest BCUT2D eigenvalue weighted by Gasteiger charge is -2.12. The zero-order valence-corrected chi connectivity index (χ0v) is 21.3. The lowest BCUT2D eigenvalue weighted by atomic mass is 10.1. The van der Waals surface area contributed by atoms with E-state index < -0.39 is 0 Å². The molecule has 0 unspecified atom stereocenters. The normalized spacial score (nSPS) is 11.0. The fraction of sp³-hybridized carbons (Fsp3) is 0.500. The van der Waals surface area contributed by atoms with Gasteiger partial charge < -0.3 is 14.2 Å². The van der Waals surface area contributed by atoms with Gasteiger partial charge in [0.1, 0.15) is 17.2 Å². The molecule has 4 nitrogen and oxygen atoms in total. The van der Waals surface area contributed by atoms with Crippen molar-refractivity contribution in [3.8, 4) is 17.2 Å². The second kappa shape index (κ2) is 16.8. The van der Waals surface area contributed by atoms with Crippen molar-refractivity contribution in [1.82, 2.24) is 0 Å². The van der Waals surface area contributed by atoms with Crippen LogP contribution in [-0.4, -0.2) is 25.6 Å². The number of para-hydroxylation sites is 1. The summed E-state index contributed by atoms with van der Waals surface area (Å²) in [6, 6.07) is 13.3. The van der Waals surface area contributed by atoms with Gasteiger partial charge in [0.05, 0.1) is 25.4 Å². The third-order valence-corrected chi connectivity index (χ3v) is 5.58. The van der Waals surface area contributed by atoms with Gasteiger partial charge in [-0.3, -0.25) is 4.79 Å². The van der Waals surface area contributed by atoms with Crippen molar-refractivity contribution >= 4 is 11.9 Å². The highest BCUT2D eigenvalue weighted by Gasteiger charge is 2.11. The molecule has 0 saturated carbocycles. The van der Waals surface area contributed by atoms with E-state index in [1.54, 1.807) is 6.08 Å². The zero-order valence-electron chi connectivity index (χ0n) is 21.3. The number of carbonyl (C=O) groups excluding carboxylic acids is 1. The van der Waals surface area contributed by atoms with Gasteiger partial charge in [-0.1, -0.05) is 71.4 Å². The predicted molar refractivity (Wildman–Crippen MR) is 141 cm³/mol. The molecule has 2 aromatic carbocycles. The molecule has 0 N–H and O–H groups in total. The predicted octanol–water partition coefficient (Wildman–Crippen LogP) is 8.29. The standard InChI is InChI=1S/C30H42O4/c1-4-7-12-21-32-26-18-20-29(33-22-13-8-5-2)25(24-26)17-19-28(31)27-15-10-11-16-30(27)34-23-14-9-6-3/h10-11,15-20,24H,4-9,12-14,21-23H2,1-3H3. The molecule has 0 radical (unpaired) electrons. The molecule has 0 aromatic heterocycles. The molecule has 0 spiro atoms. The van der Waals surface area contributed by atoms with Crippen molar-refractivity contribution in [1.29, 1.82) is 0 Å². The van der Waals surface area contributed by atoms with E-state index in [9.17, 15) is 4.79 Å². The van der Waals surface area contributed by atoms with E-state index in [0.29, 0.717) is 31.1 Å². The summed E-state index contributed by atoms with van der Waals surface area (Å²) in [5.74, 6) is 2.11. The number of allylic oxidation sites excluding steroid dienone is 1. The Morgan fingerprint density at radius 1 is 0.706 bits per heavy atom. The molecule has 0 bridgehead atoms. The molecule has 2 aromatic rings. The van der Waals surface area contributed by atoms with Gasteiger partial charge in [-0.2, -0.15) is 0 Å². The van der Waals surface area contributed by atoms with Crippen LogP contribution in [0.15, 0.2) is 48.5 Å². The Morgan fingerprint density at radius 2 is 1.29 bits per heavy atom. The molecule has 0 aliphatic rings. The Hall–Kier alpha value is -2.75. The van der Waals surface area contributed by atoms with Crippen LogP contribution in [0.4, 0.5) is 0 Å². The summed E-state index contributed by atoms with van der Waals surface area (Å²) >= 11 is 0. The average molecular weight is 467 g/mol. The molecule has 0 fully saturated rings. The number of hydrogen-bond donors (Lipinski definition) is 0. The topological polar surface area (TPSA) is 44.8 Å². The molecule has 0 atom stereocenters. The van der Waals surface area contributed by atoms with Gasteiger partial charge in [0.15, 0.2) is 5.78 Å². The van der Waals surface area contributed by atoms with Crippen LogP contribution in [0.5, 0.6) is 17.2 Å². The summed E-state index contributed by atoms with van der Waals surface area (Å²) in [6.07, 6.45) is 13.3. The van der Waals surface area contributed by atoms with E-state index in [1.807, 2.05) is 48.5 Å². The first kappa shape index (κ1) is 27.5. The number of carbonyl (C=O) groups is 1. The average Bonchev–Trinajstić information content (AvgIpc) is 2.86. The second-order valence-corrected chi connectivity index (χ2v) is 8.56. The molecule has 0 saturated heterocycles. The lowest BCUT2D eigenvalue weighted by Crippen LogP contribution is -2.04. The van der Waals surface area contributed by atoms with Gasteiger partial charge in [-0.15, -0.1) is 0 Å². The maximum atomic E-state index is 13.0. The Bertz CT molecular complexity index is 872. The summed E-state index contributed by atoms with van der Waals surface area (Å²) < 4.78 is 17.9. The SMILES string of the molecule is CCCCCOc1ccc(OCCCCC)c(C=CC(=O)c2ccccc2OCCCCC)c1. The quantitative estimate of drug-likeness (QED) is 0.126. The van der Waals surface area contributed by atoms with Crippen molar-refractivity contribution < 1.29 is 19.0 Å². The fourth-order valence-electron chi connectivity index (χ4n) is 3.54. The molecule has 4 heteroatoms. The van der Waals surface area contributed by atoms with Crippen molar-refractivity contribution in [2.75, 3.05) is 19.8 Å². The molecule has 0 aliphatic carbocycles. The maximum absolute atomic E-state index is 13.0. The highest BCUT2D eigenvalue weighted by atomic mass is 16.5. The maximum Gasteiger partial charge on any atom is 0.189 e. The van der Waals surface area contributed by atoms with Gasteiger partial charge in [0, 0.05) is 5.56 Å². The van der Waals surface area contributed by atoms with E-state index in [1.165, 1.54) is 0 Å². The van der Waals surface area contributed by atoms with Crippen molar-refractivity contribution in [3.63, 3.8) is 0 Å². The largest absolute Gasteiger partial charge is 0.494 e. The van der Waals surface area contributed by atoms with Crippen LogP contribution in [0, 0.1) is 0 Å². The third kappa shape index (κ3) is 10.0. The monoisotopic (exact) mass is 466 g/mol. The Kier molecular flexibility index (Phi) is 13.6. The van der Waals surface area contributed by atoms with Crippen LogP contribution in [0.1, 0.15) is 94.5 Å². The van der Waals surface area contributed by atoms with Gasteiger partial charge in [0.2, 0.25) is 0 Å². The van der Waals surface area contributed by atoms with Crippen LogP contribution in [0.25, 0.3) is 6.08 Å². The van der Waals surface area contributed by atoms with E-state index in [4.69, 9.17) is 14.2 Å². The third-order valence-electron chi connectivity index (χ3n) is 5.58. The molecular formula is C30H42O4. The number of rotatable bonds is 18. The summed E-state index contributed by atoms with van der Waals surface area (Å²) in [6.45, 7) is 8.49. The molecule has 0 heterocycles. The van der Waals surface area contributed by atoms with Crippen molar-refractivity contribution in [2.45, 2.75) is 78.6 Å². The summed E-state index contributed by atoms with van der Waals surface area (Å²) in [5.41, 5.74) is 1.42. The number of unbranched alkanes of at least 4 members (excludes halogenated alkanes) is 6. The molecule has 34 heavy (non-hydrogen) atoms. The first-order valence-electron chi connectivity index (χ1n) is 13.0. The van der Waals surface area contributed by atoms with Crippen LogP contribution < -0.4 is 14.2 Å². The van der Waals surface area contributed by atoms with Gasteiger partial charge in [-0.05, 0) is 61.7 Å². The molecule has 0 aliphatic heterocycles. The molecule has 0 amide bonds. The Balaban J connectivity index is 2.14. The van der Waals surface area contributed by atoms with Crippen LogP contribution in [0.2, 0.25) is 0 Å². The number of benzene rings is 2. The van der Waals surface area contributed by atoms with Crippen LogP contribution in [-0.2, 0) is 0 Å².